The molecule has 0 saturated heterocycles. The van der Waals surface area contributed by atoms with E-state index in [1.54, 1.807) is 24.3 Å². The lowest BCUT2D eigenvalue weighted by atomic mass is 10.1. The van der Waals surface area contributed by atoms with Crippen LogP contribution in [0.5, 0.6) is 0 Å². The Balaban J connectivity index is 1.38. The first-order valence-electron chi connectivity index (χ1n) is 10.9. The number of thioether (sulfide) groups is 1. The molecule has 1 heterocycles. The number of nitrogens with one attached hydrogen (secondary N) is 1. The topological polar surface area (TPSA) is 102 Å². The molecule has 0 spiro atoms. The van der Waals surface area contributed by atoms with Crippen molar-refractivity contribution in [2.75, 3.05) is 5.75 Å². The third-order valence-corrected chi connectivity index (χ3v) is 6.15. The molecule has 0 aliphatic heterocycles. The second kappa shape index (κ2) is 11.3. The van der Waals surface area contributed by atoms with E-state index in [4.69, 9.17) is 4.98 Å². The molecule has 3 aromatic carbocycles. The van der Waals surface area contributed by atoms with Gasteiger partial charge in [-0.3, -0.25) is 14.9 Å². The van der Waals surface area contributed by atoms with E-state index in [1.165, 1.54) is 35.7 Å². The minimum Gasteiger partial charge on any atom is -0.314 e. The second-order valence-corrected chi connectivity index (χ2v) is 8.67. The number of hydrogen-bond donors (Lipinski definition) is 1. The summed E-state index contributed by atoms with van der Waals surface area (Å²) in [6, 6.07) is 22.6. The molecule has 1 aromatic heterocycles. The van der Waals surface area contributed by atoms with Crippen LogP contribution in [0.2, 0.25) is 0 Å². The molecule has 9 heteroatoms. The summed E-state index contributed by atoms with van der Waals surface area (Å²) < 4.78 is 2.11. The molecule has 0 atom stereocenters. The number of rotatable bonds is 9. The zero-order valence-electron chi connectivity index (χ0n) is 19.0. The number of nitro benzene ring substituents is 1. The minimum absolute atomic E-state index is 0.00566. The van der Waals surface area contributed by atoms with Gasteiger partial charge < -0.3 is 4.57 Å². The number of aryl methyl sites for hydroxylation is 1. The van der Waals surface area contributed by atoms with Crippen LogP contribution in [-0.4, -0.2) is 32.3 Å². The number of para-hydroxylation sites is 3. The van der Waals surface area contributed by atoms with Crippen LogP contribution in [-0.2, 0) is 11.3 Å². The number of carbonyl (C=O) groups is 1. The standard InChI is InChI=1S/C26H23N5O3S/c1-19-12-14-20(15-13-19)17-30-24-11-5-3-9-22(24)28-26(30)35-18-25(32)29-27-16-6-8-21-7-2-4-10-23(21)31(33)34/h2-16H,17-18H2,1H3,(H,29,32)/b8-6+,27-16+. The maximum absolute atomic E-state index is 12.3. The number of nitro groups is 1. The van der Waals surface area contributed by atoms with E-state index in [2.05, 4.69) is 46.3 Å². The van der Waals surface area contributed by atoms with Gasteiger partial charge in [-0.05, 0) is 42.8 Å². The van der Waals surface area contributed by atoms with Gasteiger partial charge in [0.1, 0.15) is 0 Å². The fraction of sp³-hybridized carbons (Fsp3) is 0.115. The van der Waals surface area contributed by atoms with Crippen molar-refractivity contribution in [3.63, 3.8) is 0 Å². The molecular formula is C26H23N5O3S. The average molecular weight is 486 g/mol. The Hall–Kier alpha value is -4.24. The van der Waals surface area contributed by atoms with E-state index in [-0.39, 0.29) is 17.3 Å². The van der Waals surface area contributed by atoms with Gasteiger partial charge in [0, 0.05) is 12.3 Å². The quantitative estimate of drug-likeness (QED) is 0.152. The fourth-order valence-electron chi connectivity index (χ4n) is 3.45. The van der Waals surface area contributed by atoms with Crippen LogP contribution in [0.15, 0.2) is 89.1 Å². The molecular weight excluding hydrogens is 462 g/mol. The highest BCUT2D eigenvalue weighted by Gasteiger charge is 2.13. The molecule has 0 bridgehead atoms. The van der Waals surface area contributed by atoms with Gasteiger partial charge in [0.05, 0.1) is 33.8 Å². The van der Waals surface area contributed by atoms with E-state index in [1.807, 2.05) is 24.3 Å². The third-order valence-electron chi connectivity index (χ3n) is 5.17. The number of hydrazone groups is 1. The summed E-state index contributed by atoms with van der Waals surface area (Å²) in [4.78, 5) is 27.6. The van der Waals surface area contributed by atoms with E-state index in [0.29, 0.717) is 12.1 Å². The number of hydrogen-bond acceptors (Lipinski definition) is 6. The van der Waals surface area contributed by atoms with Crippen LogP contribution in [0.1, 0.15) is 16.7 Å². The first kappa shape index (κ1) is 23.9. The number of imidazole rings is 1. The number of fused-ring (bicyclic) bond motifs is 1. The van der Waals surface area contributed by atoms with Crippen LogP contribution >= 0.6 is 11.8 Å². The molecule has 0 aliphatic carbocycles. The molecule has 1 amide bonds. The van der Waals surface area contributed by atoms with Crippen molar-refractivity contribution in [1.82, 2.24) is 15.0 Å². The maximum Gasteiger partial charge on any atom is 0.276 e. The lowest BCUT2D eigenvalue weighted by Gasteiger charge is -2.09. The van der Waals surface area contributed by atoms with E-state index in [0.717, 1.165) is 21.8 Å². The monoisotopic (exact) mass is 485 g/mol. The van der Waals surface area contributed by atoms with Gasteiger partial charge in [-0.1, -0.05) is 65.9 Å². The molecule has 0 radical (unpaired) electrons. The second-order valence-electron chi connectivity index (χ2n) is 7.73. The Kier molecular flexibility index (Phi) is 7.69. The first-order valence-corrected chi connectivity index (χ1v) is 11.9. The Labute approximate surface area is 206 Å². The van der Waals surface area contributed by atoms with Gasteiger partial charge >= 0.3 is 0 Å². The Morgan fingerprint density at radius 2 is 1.86 bits per heavy atom. The van der Waals surface area contributed by atoms with Crippen LogP contribution in [0.25, 0.3) is 17.1 Å². The lowest BCUT2D eigenvalue weighted by Crippen LogP contribution is -2.19. The van der Waals surface area contributed by atoms with Gasteiger partial charge in [0.15, 0.2) is 5.16 Å². The number of benzene rings is 3. The molecule has 4 aromatic rings. The maximum atomic E-state index is 12.3. The summed E-state index contributed by atoms with van der Waals surface area (Å²) in [5.74, 6) is -0.137. The Bertz CT molecular complexity index is 1410. The highest BCUT2D eigenvalue weighted by atomic mass is 32.2. The largest absolute Gasteiger partial charge is 0.314 e. The number of nitrogens with zero attached hydrogens (tertiary/aromatic N) is 4. The molecule has 176 valence electrons. The zero-order chi connectivity index (χ0) is 24.6. The highest BCUT2D eigenvalue weighted by Crippen LogP contribution is 2.25. The van der Waals surface area contributed by atoms with Crippen LogP contribution in [0.3, 0.4) is 0 Å². The summed E-state index contributed by atoms with van der Waals surface area (Å²) in [5, 5.41) is 15.7. The van der Waals surface area contributed by atoms with Crippen molar-refractivity contribution in [2.45, 2.75) is 18.6 Å². The van der Waals surface area contributed by atoms with Crippen molar-refractivity contribution in [2.24, 2.45) is 5.10 Å². The van der Waals surface area contributed by atoms with Crippen molar-refractivity contribution >= 4 is 46.7 Å². The van der Waals surface area contributed by atoms with Gasteiger partial charge in [-0.25, -0.2) is 10.4 Å². The molecule has 0 fully saturated rings. The predicted octanol–water partition coefficient (Wildman–Crippen LogP) is 5.21. The molecule has 0 unspecified atom stereocenters. The van der Waals surface area contributed by atoms with Gasteiger partial charge in [-0.2, -0.15) is 5.10 Å². The molecule has 1 N–H and O–H groups in total. The smallest absolute Gasteiger partial charge is 0.276 e. The van der Waals surface area contributed by atoms with Gasteiger partial charge in [0.25, 0.3) is 11.6 Å². The molecule has 0 aliphatic rings. The summed E-state index contributed by atoms with van der Waals surface area (Å²) >= 11 is 1.34. The van der Waals surface area contributed by atoms with Crippen molar-refractivity contribution in [3.05, 3.63) is 106 Å². The molecule has 35 heavy (non-hydrogen) atoms. The third kappa shape index (κ3) is 6.21. The average Bonchev–Trinajstić information content (AvgIpc) is 3.21. The minimum atomic E-state index is -0.442. The van der Waals surface area contributed by atoms with Crippen molar-refractivity contribution < 1.29 is 9.72 Å². The van der Waals surface area contributed by atoms with E-state index >= 15 is 0 Å². The highest BCUT2D eigenvalue weighted by molar-refractivity contribution is 7.99. The zero-order valence-corrected chi connectivity index (χ0v) is 19.8. The van der Waals surface area contributed by atoms with Crippen LogP contribution < -0.4 is 5.43 Å². The SMILES string of the molecule is Cc1ccc(Cn2c(SCC(=O)N/N=C/C=C/c3ccccc3[N+](=O)[O-])nc3ccccc32)cc1. The number of carbonyl (C=O) groups excluding carboxylic acids is 1. The summed E-state index contributed by atoms with van der Waals surface area (Å²) in [5.41, 5.74) is 7.17. The molecule has 8 nitrogen and oxygen atoms in total. The number of amides is 1. The lowest BCUT2D eigenvalue weighted by molar-refractivity contribution is -0.385. The number of aromatic nitrogens is 2. The van der Waals surface area contributed by atoms with Crippen molar-refractivity contribution in [3.8, 4) is 0 Å². The van der Waals surface area contributed by atoms with Gasteiger partial charge in [-0.15, -0.1) is 0 Å². The normalized spacial score (nSPS) is 11.5. The van der Waals surface area contributed by atoms with Crippen molar-refractivity contribution in [1.29, 1.82) is 0 Å². The molecule has 4 rings (SSSR count). The summed E-state index contributed by atoms with van der Waals surface area (Å²) in [6.07, 6.45) is 4.48. The predicted molar refractivity (Wildman–Crippen MR) is 140 cm³/mol. The van der Waals surface area contributed by atoms with Crippen LogP contribution in [0, 0.1) is 17.0 Å². The summed E-state index contributed by atoms with van der Waals surface area (Å²) in [6.45, 7) is 2.71. The summed E-state index contributed by atoms with van der Waals surface area (Å²) in [7, 11) is 0. The Morgan fingerprint density at radius 3 is 2.66 bits per heavy atom. The van der Waals surface area contributed by atoms with E-state index < -0.39 is 4.92 Å². The van der Waals surface area contributed by atoms with Gasteiger partial charge in [0.2, 0.25) is 0 Å². The Morgan fingerprint density at radius 1 is 1.11 bits per heavy atom. The van der Waals surface area contributed by atoms with Crippen LogP contribution in [0.4, 0.5) is 5.69 Å². The first-order chi connectivity index (χ1) is 17.0. The number of allylic oxidation sites excluding steroid dienone is 1. The molecule has 0 saturated carbocycles. The fourth-order valence-corrected chi connectivity index (χ4v) is 4.25. The van der Waals surface area contributed by atoms with E-state index in [9.17, 15) is 14.9 Å².